The van der Waals surface area contributed by atoms with E-state index in [0.717, 1.165) is 25.7 Å². The van der Waals surface area contributed by atoms with Gasteiger partial charge in [-0.1, -0.05) is 25.0 Å². The van der Waals surface area contributed by atoms with Crippen molar-refractivity contribution in [2.75, 3.05) is 13.2 Å². The maximum atomic E-state index is 13.3. The van der Waals surface area contributed by atoms with E-state index in [0.29, 0.717) is 6.54 Å². The molecule has 0 unspecified atom stereocenters. The average Bonchev–Trinajstić information content (AvgIpc) is 2.90. The molecule has 110 valence electrons. The third kappa shape index (κ3) is 3.70. The molecule has 0 bridgehead atoms. The first kappa shape index (κ1) is 14.8. The Morgan fingerprint density at radius 1 is 1.35 bits per heavy atom. The van der Waals surface area contributed by atoms with Crippen LogP contribution in [0, 0.1) is 5.82 Å². The summed E-state index contributed by atoms with van der Waals surface area (Å²) in [5.74, 6) is -0.328. The lowest BCUT2D eigenvalue weighted by Crippen LogP contribution is -2.51. The number of hydrogen-bond acceptors (Lipinski definition) is 3. The van der Waals surface area contributed by atoms with Crippen molar-refractivity contribution < 1.29 is 13.9 Å². The van der Waals surface area contributed by atoms with E-state index >= 15 is 0 Å². The van der Waals surface area contributed by atoms with Crippen molar-refractivity contribution in [1.82, 2.24) is 5.32 Å². The van der Waals surface area contributed by atoms with Crippen LogP contribution in [0.25, 0.3) is 0 Å². The van der Waals surface area contributed by atoms with Crippen LogP contribution in [0.4, 0.5) is 4.39 Å². The fourth-order valence-electron chi connectivity index (χ4n) is 2.61. The Hall–Kier alpha value is -1.62. The Morgan fingerprint density at radius 2 is 2.05 bits per heavy atom. The minimum atomic E-state index is -0.415. The number of ether oxygens (including phenoxy) is 1. The molecule has 1 aromatic carbocycles. The van der Waals surface area contributed by atoms with E-state index in [2.05, 4.69) is 5.32 Å². The normalized spacial score (nSPS) is 16.9. The third-order valence-corrected chi connectivity index (χ3v) is 3.78. The molecule has 20 heavy (non-hydrogen) atoms. The molecule has 0 heterocycles. The summed E-state index contributed by atoms with van der Waals surface area (Å²) in [5.41, 5.74) is 5.52. The van der Waals surface area contributed by atoms with E-state index in [1.54, 1.807) is 18.2 Å². The van der Waals surface area contributed by atoms with Gasteiger partial charge in [0.2, 0.25) is 5.91 Å². The predicted molar refractivity (Wildman–Crippen MR) is 74.9 cm³/mol. The molecule has 2 rings (SSSR count). The zero-order valence-corrected chi connectivity index (χ0v) is 11.5. The fourth-order valence-corrected chi connectivity index (χ4v) is 2.61. The summed E-state index contributed by atoms with van der Waals surface area (Å²) in [6, 6.07) is 6.17. The first-order valence-electron chi connectivity index (χ1n) is 7.04. The Morgan fingerprint density at radius 3 is 2.70 bits per heavy atom. The number of carbonyl (C=O) groups excluding carboxylic acids is 1. The van der Waals surface area contributed by atoms with Crippen LogP contribution in [0.2, 0.25) is 0 Å². The van der Waals surface area contributed by atoms with Gasteiger partial charge in [0.25, 0.3) is 0 Å². The average molecular weight is 280 g/mol. The van der Waals surface area contributed by atoms with E-state index in [1.165, 1.54) is 6.07 Å². The quantitative estimate of drug-likeness (QED) is 0.837. The second-order valence-electron chi connectivity index (χ2n) is 5.27. The van der Waals surface area contributed by atoms with E-state index in [4.69, 9.17) is 10.5 Å². The number of nitrogens with one attached hydrogen (secondary N) is 1. The molecule has 0 aromatic heterocycles. The number of halogens is 1. The molecule has 0 saturated heterocycles. The highest BCUT2D eigenvalue weighted by molar-refractivity contribution is 5.77. The lowest BCUT2D eigenvalue weighted by atomic mass is 9.98. The number of carbonyl (C=O) groups is 1. The molecule has 1 aliphatic rings. The predicted octanol–water partition coefficient (Wildman–Crippen LogP) is 1.98. The second-order valence-corrected chi connectivity index (χ2v) is 5.27. The number of hydrogen-bond donors (Lipinski definition) is 2. The molecule has 0 radical (unpaired) electrons. The summed E-state index contributed by atoms with van der Waals surface area (Å²) < 4.78 is 18.6. The van der Waals surface area contributed by atoms with Crippen molar-refractivity contribution in [1.29, 1.82) is 0 Å². The minimum absolute atomic E-state index is 0.0892. The van der Waals surface area contributed by atoms with Crippen LogP contribution in [-0.2, 0) is 4.79 Å². The maximum Gasteiger partial charge on any atom is 0.223 e. The zero-order chi connectivity index (χ0) is 14.4. The van der Waals surface area contributed by atoms with Gasteiger partial charge in [0.05, 0.1) is 18.6 Å². The highest BCUT2D eigenvalue weighted by atomic mass is 19.1. The Kier molecular flexibility index (Phi) is 4.95. The SMILES string of the molecule is NCC1(NC(=O)CCOc2ccccc2F)CCCC1. The number of para-hydroxylation sites is 1. The van der Waals surface area contributed by atoms with E-state index in [9.17, 15) is 9.18 Å². The number of amides is 1. The van der Waals surface area contributed by atoms with Gasteiger partial charge >= 0.3 is 0 Å². The van der Waals surface area contributed by atoms with Crippen LogP contribution in [0.5, 0.6) is 5.75 Å². The standard InChI is InChI=1S/C15H21FN2O2/c16-12-5-1-2-6-13(12)20-10-7-14(19)18-15(11-17)8-3-4-9-15/h1-2,5-6H,3-4,7-11,17H2,(H,18,19). The van der Waals surface area contributed by atoms with Gasteiger partial charge in [0, 0.05) is 6.54 Å². The van der Waals surface area contributed by atoms with Gasteiger partial charge in [-0.05, 0) is 25.0 Å². The van der Waals surface area contributed by atoms with Gasteiger partial charge in [-0.3, -0.25) is 4.79 Å². The topological polar surface area (TPSA) is 64.3 Å². The van der Waals surface area contributed by atoms with Gasteiger partial charge in [-0.2, -0.15) is 0 Å². The van der Waals surface area contributed by atoms with Crippen LogP contribution in [0.15, 0.2) is 24.3 Å². The van der Waals surface area contributed by atoms with E-state index in [1.807, 2.05) is 0 Å². The second kappa shape index (κ2) is 6.70. The van der Waals surface area contributed by atoms with Crippen LogP contribution < -0.4 is 15.8 Å². The van der Waals surface area contributed by atoms with Crippen molar-refractivity contribution in [2.45, 2.75) is 37.6 Å². The molecule has 1 aromatic rings. The molecule has 3 N–H and O–H groups in total. The lowest BCUT2D eigenvalue weighted by Gasteiger charge is -2.28. The fraction of sp³-hybridized carbons (Fsp3) is 0.533. The highest BCUT2D eigenvalue weighted by Crippen LogP contribution is 2.28. The number of nitrogens with two attached hydrogens (primary N) is 1. The Bertz CT molecular complexity index is 459. The molecule has 0 spiro atoms. The van der Waals surface area contributed by atoms with Crippen molar-refractivity contribution >= 4 is 5.91 Å². The maximum absolute atomic E-state index is 13.3. The zero-order valence-electron chi connectivity index (χ0n) is 11.5. The summed E-state index contributed by atoms with van der Waals surface area (Å²) in [7, 11) is 0. The number of benzene rings is 1. The van der Waals surface area contributed by atoms with E-state index < -0.39 is 5.82 Å². The first-order chi connectivity index (χ1) is 9.65. The molecule has 0 aliphatic heterocycles. The molecule has 1 fully saturated rings. The van der Waals surface area contributed by atoms with Crippen LogP contribution >= 0.6 is 0 Å². The molecule has 4 nitrogen and oxygen atoms in total. The van der Waals surface area contributed by atoms with Crippen molar-refractivity contribution in [3.05, 3.63) is 30.1 Å². The molecular weight excluding hydrogens is 259 g/mol. The molecule has 5 heteroatoms. The van der Waals surface area contributed by atoms with Crippen molar-refractivity contribution in [3.63, 3.8) is 0 Å². The summed E-state index contributed by atoms with van der Waals surface area (Å²) >= 11 is 0. The van der Waals surface area contributed by atoms with Gasteiger partial charge < -0.3 is 15.8 Å². The molecule has 0 atom stereocenters. The monoisotopic (exact) mass is 280 g/mol. The molecular formula is C15H21FN2O2. The third-order valence-electron chi connectivity index (χ3n) is 3.78. The first-order valence-corrected chi connectivity index (χ1v) is 7.04. The lowest BCUT2D eigenvalue weighted by molar-refractivity contribution is -0.123. The summed E-state index contributed by atoms with van der Waals surface area (Å²) in [4.78, 5) is 11.9. The van der Waals surface area contributed by atoms with Crippen LogP contribution in [-0.4, -0.2) is 24.6 Å². The summed E-state index contributed by atoms with van der Waals surface area (Å²) in [6.07, 6.45) is 4.27. The highest BCUT2D eigenvalue weighted by Gasteiger charge is 2.33. The van der Waals surface area contributed by atoms with Gasteiger partial charge in [-0.15, -0.1) is 0 Å². The van der Waals surface area contributed by atoms with Gasteiger partial charge in [-0.25, -0.2) is 4.39 Å². The van der Waals surface area contributed by atoms with Gasteiger partial charge in [0.15, 0.2) is 11.6 Å². The van der Waals surface area contributed by atoms with Crippen molar-refractivity contribution in [3.8, 4) is 5.75 Å². The Balaban J connectivity index is 1.77. The largest absolute Gasteiger partial charge is 0.490 e. The van der Waals surface area contributed by atoms with E-state index in [-0.39, 0.29) is 30.2 Å². The molecule has 1 aliphatic carbocycles. The Labute approximate surface area is 118 Å². The summed E-state index contributed by atoms with van der Waals surface area (Å²) in [5, 5.41) is 3.01. The molecule has 1 saturated carbocycles. The van der Waals surface area contributed by atoms with Crippen LogP contribution in [0.1, 0.15) is 32.1 Å². The summed E-state index contributed by atoms with van der Waals surface area (Å²) in [6.45, 7) is 0.625. The smallest absolute Gasteiger partial charge is 0.223 e. The van der Waals surface area contributed by atoms with Gasteiger partial charge in [0.1, 0.15) is 0 Å². The molecule has 1 amide bonds. The number of rotatable bonds is 6. The van der Waals surface area contributed by atoms with Crippen molar-refractivity contribution in [2.24, 2.45) is 5.73 Å². The van der Waals surface area contributed by atoms with Crippen LogP contribution in [0.3, 0.4) is 0 Å². The minimum Gasteiger partial charge on any atom is -0.490 e.